The Hall–Kier alpha value is -1.47. The van der Waals surface area contributed by atoms with Crippen molar-refractivity contribution in [1.29, 1.82) is 0 Å². The molecule has 1 aromatic heterocycles. The molecule has 1 N–H and O–H groups in total. The summed E-state index contributed by atoms with van der Waals surface area (Å²) >= 11 is 1.59. The van der Waals surface area contributed by atoms with Crippen LogP contribution in [-0.4, -0.2) is 57.9 Å². The summed E-state index contributed by atoms with van der Waals surface area (Å²) in [5.74, 6) is -0.803. The van der Waals surface area contributed by atoms with Gasteiger partial charge in [0.05, 0.1) is 6.54 Å². The van der Waals surface area contributed by atoms with Crippen molar-refractivity contribution in [1.82, 2.24) is 14.8 Å². The highest BCUT2D eigenvalue weighted by molar-refractivity contribution is 7.09. The fraction of sp³-hybridized carbons (Fsp3) is 0.615. The first-order valence-electron chi connectivity index (χ1n) is 6.61. The molecule has 1 amide bonds. The maximum atomic E-state index is 11.7. The Morgan fingerprint density at radius 1 is 1.50 bits per heavy atom. The molecule has 3 rings (SSSR count). The van der Waals surface area contributed by atoms with Crippen LogP contribution in [0.5, 0.6) is 0 Å². The normalized spacial score (nSPS) is 29.6. The van der Waals surface area contributed by atoms with Gasteiger partial charge in [0.2, 0.25) is 5.91 Å². The molecule has 2 aliphatic heterocycles. The van der Waals surface area contributed by atoms with Gasteiger partial charge in [-0.1, -0.05) is 0 Å². The van der Waals surface area contributed by atoms with Crippen molar-refractivity contribution < 1.29 is 14.7 Å². The molecule has 0 bridgehead atoms. The zero-order chi connectivity index (χ0) is 14.3. The van der Waals surface area contributed by atoms with Gasteiger partial charge in [-0.3, -0.25) is 14.5 Å². The summed E-state index contributed by atoms with van der Waals surface area (Å²) < 4.78 is 0. The van der Waals surface area contributed by atoms with E-state index in [1.165, 1.54) is 6.92 Å². The summed E-state index contributed by atoms with van der Waals surface area (Å²) in [6.07, 6.45) is 1.77. The summed E-state index contributed by atoms with van der Waals surface area (Å²) in [7, 11) is 0. The number of thiazole rings is 1. The lowest BCUT2D eigenvalue weighted by atomic mass is 9.81. The van der Waals surface area contributed by atoms with Crippen molar-refractivity contribution >= 4 is 23.2 Å². The predicted molar refractivity (Wildman–Crippen MR) is 73.2 cm³/mol. The number of carbonyl (C=O) groups is 2. The molecule has 108 valence electrons. The SMILES string of the molecule is CC(=O)N1C[C@H]2CN(Cc3nccs3)C[C@@]2(C(=O)O)C1. The van der Waals surface area contributed by atoms with E-state index in [4.69, 9.17) is 0 Å². The Labute approximate surface area is 121 Å². The third-order valence-corrected chi connectivity index (χ3v) is 5.16. The third-order valence-electron chi connectivity index (χ3n) is 4.39. The molecule has 1 aromatic rings. The quantitative estimate of drug-likeness (QED) is 0.879. The number of rotatable bonds is 3. The van der Waals surface area contributed by atoms with Crippen molar-refractivity contribution in [2.75, 3.05) is 26.2 Å². The van der Waals surface area contributed by atoms with E-state index in [9.17, 15) is 14.7 Å². The average molecular weight is 295 g/mol. The van der Waals surface area contributed by atoms with Crippen LogP contribution < -0.4 is 0 Å². The van der Waals surface area contributed by atoms with E-state index in [2.05, 4.69) is 9.88 Å². The highest BCUT2D eigenvalue weighted by atomic mass is 32.1. The van der Waals surface area contributed by atoms with Gasteiger partial charge in [0.1, 0.15) is 10.4 Å². The first kappa shape index (κ1) is 13.5. The number of nitrogens with zero attached hydrogens (tertiary/aromatic N) is 3. The molecule has 0 radical (unpaired) electrons. The van der Waals surface area contributed by atoms with E-state index in [-0.39, 0.29) is 11.8 Å². The standard InChI is InChI=1S/C13H17N3O3S/c1-9(17)16-5-10-4-15(6-11-14-2-3-20-11)7-13(10,8-16)12(18)19/h2-3,10H,4-8H2,1H3,(H,18,19)/t10-,13-/m1/s1. The second-order valence-corrected chi connectivity index (χ2v) is 6.63. The number of likely N-dealkylation sites (tertiary alicyclic amines) is 2. The molecular weight excluding hydrogens is 278 g/mol. The highest BCUT2D eigenvalue weighted by Gasteiger charge is 2.58. The van der Waals surface area contributed by atoms with E-state index in [0.29, 0.717) is 26.2 Å². The minimum atomic E-state index is -0.803. The molecule has 2 aliphatic rings. The van der Waals surface area contributed by atoms with E-state index >= 15 is 0 Å². The topological polar surface area (TPSA) is 73.7 Å². The molecule has 2 fully saturated rings. The Morgan fingerprint density at radius 3 is 2.85 bits per heavy atom. The summed E-state index contributed by atoms with van der Waals surface area (Å²) in [5, 5.41) is 12.6. The molecular formula is C13H17N3O3S. The minimum absolute atomic E-state index is 0.0175. The monoisotopic (exact) mass is 295 g/mol. The minimum Gasteiger partial charge on any atom is -0.481 e. The number of aliphatic carboxylic acids is 1. The maximum absolute atomic E-state index is 11.7. The Morgan fingerprint density at radius 2 is 2.30 bits per heavy atom. The van der Waals surface area contributed by atoms with Crippen LogP contribution in [0.1, 0.15) is 11.9 Å². The first-order chi connectivity index (χ1) is 9.51. The maximum Gasteiger partial charge on any atom is 0.313 e. The van der Waals surface area contributed by atoms with Crippen LogP contribution in [0.3, 0.4) is 0 Å². The van der Waals surface area contributed by atoms with Crippen molar-refractivity contribution in [3.05, 3.63) is 16.6 Å². The number of aromatic nitrogens is 1. The van der Waals surface area contributed by atoms with Gasteiger partial charge in [-0.2, -0.15) is 0 Å². The Bertz CT molecular complexity index is 533. The third kappa shape index (κ3) is 2.10. The number of fused-ring (bicyclic) bond motifs is 1. The molecule has 7 heteroatoms. The van der Waals surface area contributed by atoms with Gasteiger partial charge in [0, 0.05) is 50.6 Å². The van der Waals surface area contributed by atoms with Gasteiger partial charge >= 0.3 is 5.97 Å². The highest BCUT2D eigenvalue weighted by Crippen LogP contribution is 2.43. The largest absolute Gasteiger partial charge is 0.481 e. The Balaban J connectivity index is 1.76. The predicted octanol–water partition coefficient (Wildman–Crippen LogP) is 0.508. The summed E-state index contributed by atoms with van der Waals surface area (Å²) in [6, 6.07) is 0. The van der Waals surface area contributed by atoms with Crippen molar-refractivity contribution in [3.63, 3.8) is 0 Å². The summed E-state index contributed by atoms with van der Waals surface area (Å²) in [6.45, 7) is 4.30. The second-order valence-electron chi connectivity index (χ2n) is 5.65. The number of hydrogen-bond donors (Lipinski definition) is 1. The molecule has 0 saturated carbocycles. The average Bonchev–Trinajstić information content (AvgIpc) is 3.02. The number of amides is 1. The summed E-state index contributed by atoms with van der Waals surface area (Å²) in [4.78, 5) is 31.3. The lowest BCUT2D eigenvalue weighted by Gasteiger charge is -2.24. The van der Waals surface area contributed by atoms with E-state index in [1.807, 2.05) is 5.38 Å². The molecule has 0 aromatic carbocycles. The second kappa shape index (κ2) is 4.82. The number of carbonyl (C=O) groups excluding carboxylic acids is 1. The number of carboxylic acids is 1. The lowest BCUT2D eigenvalue weighted by molar-refractivity contribution is -0.149. The van der Waals surface area contributed by atoms with Gasteiger partial charge < -0.3 is 10.0 Å². The van der Waals surface area contributed by atoms with Gasteiger partial charge in [-0.05, 0) is 0 Å². The van der Waals surface area contributed by atoms with E-state index in [1.54, 1.807) is 22.4 Å². The lowest BCUT2D eigenvalue weighted by Crippen LogP contribution is -2.41. The van der Waals surface area contributed by atoms with Gasteiger partial charge in [0.15, 0.2) is 0 Å². The molecule has 0 spiro atoms. The zero-order valence-corrected chi connectivity index (χ0v) is 12.1. The van der Waals surface area contributed by atoms with Crippen molar-refractivity contribution in [3.8, 4) is 0 Å². The number of carboxylic acid groups (broad SMARTS) is 1. The molecule has 6 nitrogen and oxygen atoms in total. The van der Waals surface area contributed by atoms with Gasteiger partial charge in [-0.25, -0.2) is 4.98 Å². The molecule has 3 heterocycles. The van der Waals surface area contributed by atoms with Crippen LogP contribution in [0.2, 0.25) is 0 Å². The van der Waals surface area contributed by atoms with Crippen LogP contribution in [0, 0.1) is 11.3 Å². The number of hydrogen-bond acceptors (Lipinski definition) is 5. The van der Waals surface area contributed by atoms with Gasteiger partial charge in [-0.15, -0.1) is 11.3 Å². The van der Waals surface area contributed by atoms with Crippen molar-refractivity contribution in [2.24, 2.45) is 11.3 Å². The smallest absolute Gasteiger partial charge is 0.313 e. The summed E-state index contributed by atoms with van der Waals surface area (Å²) in [5.41, 5.74) is -0.803. The fourth-order valence-corrected chi connectivity index (χ4v) is 4.01. The van der Waals surface area contributed by atoms with Crippen molar-refractivity contribution in [2.45, 2.75) is 13.5 Å². The van der Waals surface area contributed by atoms with Crippen LogP contribution >= 0.6 is 11.3 Å². The molecule has 2 saturated heterocycles. The van der Waals surface area contributed by atoms with Crippen LogP contribution in [-0.2, 0) is 16.1 Å². The zero-order valence-electron chi connectivity index (χ0n) is 11.3. The molecule has 0 aliphatic carbocycles. The van der Waals surface area contributed by atoms with E-state index < -0.39 is 11.4 Å². The Kier molecular flexibility index (Phi) is 3.25. The first-order valence-corrected chi connectivity index (χ1v) is 7.49. The molecule has 20 heavy (non-hydrogen) atoms. The van der Waals surface area contributed by atoms with Gasteiger partial charge in [0.25, 0.3) is 0 Å². The molecule has 0 unspecified atom stereocenters. The van der Waals surface area contributed by atoms with Crippen LogP contribution in [0.25, 0.3) is 0 Å². The van der Waals surface area contributed by atoms with E-state index in [0.717, 1.165) is 11.6 Å². The molecule has 2 atom stereocenters. The van der Waals surface area contributed by atoms with Crippen LogP contribution in [0.4, 0.5) is 0 Å². The fourth-order valence-electron chi connectivity index (χ4n) is 3.35. The van der Waals surface area contributed by atoms with Crippen LogP contribution in [0.15, 0.2) is 11.6 Å².